The molecule has 0 radical (unpaired) electrons. The minimum atomic E-state index is -0.750. The molecule has 3 aromatic rings. The maximum atomic E-state index is 13.6. The zero-order valence-corrected chi connectivity index (χ0v) is 16.3. The van der Waals surface area contributed by atoms with Gasteiger partial charge in [-0.25, -0.2) is 4.99 Å². The molecule has 150 valence electrons. The molecule has 3 unspecified atom stereocenters. The summed E-state index contributed by atoms with van der Waals surface area (Å²) in [6.45, 7) is 0. The third-order valence-corrected chi connectivity index (χ3v) is 6.25. The Morgan fingerprint density at radius 3 is 2.23 bits per heavy atom. The van der Waals surface area contributed by atoms with Crippen molar-refractivity contribution in [3.8, 4) is 5.75 Å². The summed E-state index contributed by atoms with van der Waals surface area (Å²) in [4.78, 5) is 31.7. The van der Waals surface area contributed by atoms with E-state index in [0.717, 1.165) is 5.56 Å². The first-order chi connectivity index (χ1) is 15.1. The number of anilines is 1. The third kappa shape index (κ3) is 2.45. The van der Waals surface area contributed by atoms with Crippen LogP contribution in [-0.4, -0.2) is 28.3 Å². The molecule has 0 aromatic heterocycles. The van der Waals surface area contributed by atoms with Crippen LogP contribution in [0, 0.1) is 11.8 Å². The number of hydrogen-bond donors (Lipinski definition) is 1. The Morgan fingerprint density at radius 2 is 1.45 bits per heavy atom. The lowest BCUT2D eigenvalue weighted by Gasteiger charge is -2.32. The van der Waals surface area contributed by atoms with E-state index in [1.165, 1.54) is 5.01 Å². The highest BCUT2D eigenvalue weighted by atomic mass is 16.3. The molecular weight excluding hydrogens is 390 g/mol. The van der Waals surface area contributed by atoms with E-state index >= 15 is 0 Å². The van der Waals surface area contributed by atoms with Crippen molar-refractivity contribution in [2.24, 2.45) is 21.9 Å². The SMILES string of the molecule is O=C1c2ccccc2C2=NC3=NN(c4ccccc4)C(=O)C3C(c3ccccc3O)C12. The van der Waals surface area contributed by atoms with Crippen molar-refractivity contribution in [1.29, 1.82) is 0 Å². The fourth-order valence-electron chi connectivity index (χ4n) is 4.90. The standard InChI is InChI=1S/C25H17N3O3/c29-18-13-7-6-12-17(18)19-20-22(15-10-4-5-11-16(15)23(20)30)26-24-21(19)25(31)28(27-24)14-8-2-1-3-9-14/h1-13,19-21,29H. The van der Waals surface area contributed by atoms with Gasteiger partial charge < -0.3 is 5.11 Å². The average molecular weight is 407 g/mol. The molecule has 0 bridgehead atoms. The molecule has 0 spiro atoms. The first kappa shape index (κ1) is 17.8. The van der Waals surface area contributed by atoms with E-state index in [0.29, 0.717) is 28.4 Å². The summed E-state index contributed by atoms with van der Waals surface area (Å²) in [6, 6.07) is 23.4. The molecule has 31 heavy (non-hydrogen) atoms. The Bertz CT molecular complexity index is 1310. The highest BCUT2D eigenvalue weighted by Gasteiger charge is 2.55. The first-order valence-electron chi connectivity index (χ1n) is 10.1. The Kier molecular flexibility index (Phi) is 3.71. The first-order valence-corrected chi connectivity index (χ1v) is 10.1. The zero-order valence-electron chi connectivity index (χ0n) is 16.3. The lowest BCUT2D eigenvalue weighted by atomic mass is 9.71. The molecule has 3 aliphatic rings. The lowest BCUT2D eigenvalue weighted by Crippen LogP contribution is -2.41. The van der Waals surface area contributed by atoms with E-state index in [9.17, 15) is 14.7 Å². The second-order valence-corrected chi connectivity index (χ2v) is 7.89. The van der Waals surface area contributed by atoms with E-state index in [1.54, 1.807) is 30.3 Å². The maximum Gasteiger partial charge on any atom is 0.258 e. The summed E-state index contributed by atoms with van der Waals surface area (Å²) in [7, 11) is 0. The van der Waals surface area contributed by atoms with Gasteiger partial charge in [-0.15, -0.1) is 5.10 Å². The summed E-state index contributed by atoms with van der Waals surface area (Å²) in [5.74, 6) is -1.88. The monoisotopic (exact) mass is 407 g/mol. The topological polar surface area (TPSA) is 82.3 Å². The van der Waals surface area contributed by atoms with Crippen LogP contribution in [0.4, 0.5) is 5.69 Å². The van der Waals surface area contributed by atoms with Gasteiger partial charge in [0.1, 0.15) is 11.7 Å². The number of benzene rings is 3. The van der Waals surface area contributed by atoms with Crippen molar-refractivity contribution < 1.29 is 14.7 Å². The van der Waals surface area contributed by atoms with Crippen molar-refractivity contribution in [2.75, 3.05) is 5.01 Å². The van der Waals surface area contributed by atoms with Gasteiger partial charge in [-0.1, -0.05) is 60.7 Å². The van der Waals surface area contributed by atoms with Crippen LogP contribution in [0.3, 0.4) is 0 Å². The highest BCUT2D eigenvalue weighted by molar-refractivity contribution is 6.34. The van der Waals surface area contributed by atoms with Crippen molar-refractivity contribution >= 4 is 28.9 Å². The zero-order chi connectivity index (χ0) is 21.1. The van der Waals surface area contributed by atoms with Crippen LogP contribution in [-0.2, 0) is 4.79 Å². The average Bonchev–Trinajstić information content (AvgIpc) is 3.29. The number of rotatable bonds is 2. The van der Waals surface area contributed by atoms with E-state index in [1.807, 2.05) is 48.5 Å². The molecule has 1 N–H and O–H groups in total. The van der Waals surface area contributed by atoms with Crippen molar-refractivity contribution in [3.05, 3.63) is 95.6 Å². The van der Waals surface area contributed by atoms with E-state index in [4.69, 9.17) is 4.99 Å². The minimum Gasteiger partial charge on any atom is -0.508 e. The number of para-hydroxylation sites is 2. The van der Waals surface area contributed by atoms with Crippen LogP contribution < -0.4 is 5.01 Å². The molecule has 2 aliphatic heterocycles. The number of carbonyl (C=O) groups excluding carboxylic acids is 2. The number of nitrogens with zero attached hydrogens (tertiary/aromatic N) is 3. The van der Waals surface area contributed by atoms with Gasteiger partial charge in [-0.05, 0) is 23.8 Å². The predicted octanol–water partition coefficient (Wildman–Crippen LogP) is 3.77. The van der Waals surface area contributed by atoms with Crippen LogP contribution in [0.2, 0.25) is 0 Å². The van der Waals surface area contributed by atoms with Crippen LogP contribution in [0.1, 0.15) is 27.4 Å². The van der Waals surface area contributed by atoms with Crippen molar-refractivity contribution in [1.82, 2.24) is 0 Å². The van der Waals surface area contributed by atoms with Crippen molar-refractivity contribution in [2.45, 2.75) is 5.92 Å². The van der Waals surface area contributed by atoms with Gasteiger partial charge in [0.05, 0.1) is 17.3 Å². The number of fused-ring (bicyclic) bond motifs is 4. The molecule has 0 fully saturated rings. The normalized spacial score (nSPS) is 23.7. The van der Waals surface area contributed by atoms with E-state index in [-0.39, 0.29) is 17.4 Å². The van der Waals surface area contributed by atoms with Gasteiger partial charge in [0.2, 0.25) is 0 Å². The molecular formula is C25H17N3O3. The number of hydrazone groups is 1. The predicted molar refractivity (Wildman–Crippen MR) is 117 cm³/mol. The number of aromatic hydroxyl groups is 1. The molecule has 1 aliphatic carbocycles. The number of phenols is 1. The van der Waals surface area contributed by atoms with Crippen LogP contribution >= 0.6 is 0 Å². The second-order valence-electron chi connectivity index (χ2n) is 7.89. The van der Waals surface area contributed by atoms with Gasteiger partial charge in [-0.3, -0.25) is 9.59 Å². The fraction of sp³-hybridized carbons (Fsp3) is 0.120. The molecule has 0 saturated heterocycles. The number of amidine groups is 1. The number of aliphatic imine (C=N–C) groups is 1. The smallest absolute Gasteiger partial charge is 0.258 e. The van der Waals surface area contributed by atoms with E-state index in [2.05, 4.69) is 5.10 Å². The molecule has 2 heterocycles. The second kappa shape index (κ2) is 6.47. The molecule has 6 rings (SSSR count). The summed E-state index contributed by atoms with van der Waals surface area (Å²) < 4.78 is 0. The van der Waals surface area contributed by atoms with Crippen LogP contribution in [0.25, 0.3) is 0 Å². The lowest BCUT2D eigenvalue weighted by molar-refractivity contribution is -0.120. The number of hydrogen-bond acceptors (Lipinski definition) is 5. The number of ketones is 1. The maximum absolute atomic E-state index is 13.6. The van der Waals surface area contributed by atoms with E-state index < -0.39 is 17.8 Å². The third-order valence-electron chi connectivity index (χ3n) is 6.25. The Morgan fingerprint density at radius 1 is 0.774 bits per heavy atom. The summed E-state index contributed by atoms with van der Waals surface area (Å²) >= 11 is 0. The molecule has 3 atom stereocenters. The number of phenolic OH excluding ortho intramolecular Hbond substituents is 1. The van der Waals surface area contributed by atoms with Crippen LogP contribution in [0.5, 0.6) is 5.75 Å². The molecule has 1 amide bonds. The van der Waals surface area contributed by atoms with Gasteiger partial charge in [-0.2, -0.15) is 5.01 Å². The van der Waals surface area contributed by atoms with Crippen molar-refractivity contribution in [3.63, 3.8) is 0 Å². The number of Topliss-reactive ketones (excluding diaryl/α,β-unsaturated/α-hetero) is 1. The fourth-order valence-corrected chi connectivity index (χ4v) is 4.90. The molecule has 3 aromatic carbocycles. The Labute approximate surface area is 178 Å². The summed E-state index contributed by atoms with van der Waals surface area (Å²) in [5, 5.41) is 16.6. The summed E-state index contributed by atoms with van der Waals surface area (Å²) in [6.07, 6.45) is 0. The number of amides is 1. The molecule has 6 heteroatoms. The van der Waals surface area contributed by atoms with Gasteiger partial charge in [0, 0.05) is 17.0 Å². The number of carbonyl (C=O) groups is 2. The van der Waals surface area contributed by atoms with Gasteiger partial charge in [0.15, 0.2) is 11.6 Å². The Hall–Kier alpha value is -4.06. The quantitative estimate of drug-likeness (QED) is 0.702. The van der Waals surface area contributed by atoms with Crippen LogP contribution in [0.15, 0.2) is 89.0 Å². The molecule has 6 nitrogen and oxygen atoms in total. The largest absolute Gasteiger partial charge is 0.508 e. The van der Waals surface area contributed by atoms with Gasteiger partial charge >= 0.3 is 0 Å². The highest BCUT2D eigenvalue weighted by Crippen LogP contribution is 2.49. The minimum absolute atomic E-state index is 0.0582. The molecule has 0 saturated carbocycles. The summed E-state index contributed by atoms with van der Waals surface area (Å²) in [5.41, 5.74) is 3.18. The Balaban J connectivity index is 1.58. The van der Waals surface area contributed by atoms with Gasteiger partial charge in [0.25, 0.3) is 5.91 Å².